The van der Waals surface area contributed by atoms with Crippen LogP contribution in [0.15, 0.2) is 85.1 Å². The van der Waals surface area contributed by atoms with Gasteiger partial charge in [-0.1, -0.05) is 84.1 Å². The van der Waals surface area contributed by atoms with Crippen molar-refractivity contribution in [2.45, 2.75) is 24.9 Å². The third-order valence-corrected chi connectivity index (χ3v) is 6.19. The summed E-state index contributed by atoms with van der Waals surface area (Å²) in [5.74, 6) is -1.03. The Morgan fingerprint density at radius 3 is 2.23 bits per heavy atom. The van der Waals surface area contributed by atoms with E-state index >= 15 is 0 Å². The van der Waals surface area contributed by atoms with Gasteiger partial charge in [-0.2, -0.15) is 0 Å². The van der Waals surface area contributed by atoms with E-state index < -0.39 is 18.1 Å². The van der Waals surface area contributed by atoms with Crippen LogP contribution in [0, 0.1) is 0 Å². The van der Waals surface area contributed by atoms with Crippen LogP contribution in [0.5, 0.6) is 0 Å². The van der Waals surface area contributed by atoms with Gasteiger partial charge in [0.25, 0.3) is 0 Å². The predicted molar refractivity (Wildman–Crippen MR) is 129 cm³/mol. The molecule has 1 aliphatic rings. The van der Waals surface area contributed by atoms with E-state index in [1.165, 1.54) is 10.9 Å². The molecule has 3 aromatic carbocycles. The zero-order valence-electron chi connectivity index (χ0n) is 18.9. The van der Waals surface area contributed by atoms with E-state index in [0.29, 0.717) is 5.69 Å². The second-order valence-electron chi connectivity index (χ2n) is 8.41. The van der Waals surface area contributed by atoms with Crippen LogP contribution in [0.25, 0.3) is 11.1 Å². The van der Waals surface area contributed by atoms with Gasteiger partial charge in [0, 0.05) is 12.3 Å². The van der Waals surface area contributed by atoms with Gasteiger partial charge in [0.05, 0.1) is 12.7 Å². The molecule has 0 fully saturated rings. The molecule has 8 heteroatoms. The van der Waals surface area contributed by atoms with Crippen LogP contribution in [0.1, 0.15) is 34.3 Å². The van der Waals surface area contributed by atoms with Gasteiger partial charge < -0.3 is 15.2 Å². The molecule has 0 saturated heterocycles. The summed E-state index contributed by atoms with van der Waals surface area (Å²) < 4.78 is 6.84. The maximum absolute atomic E-state index is 12.4. The molecule has 4 aromatic rings. The van der Waals surface area contributed by atoms with Gasteiger partial charge in [0.2, 0.25) is 0 Å². The molecule has 0 aliphatic heterocycles. The van der Waals surface area contributed by atoms with Crippen LogP contribution in [0.2, 0.25) is 0 Å². The molecule has 0 spiro atoms. The highest BCUT2D eigenvalue weighted by molar-refractivity contribution is 5.79. The largest absolute Gasteiger partial charge is 0.480 e. The number of aromatic nitrogens is 3. The van der Waals surface area contributed by atoms with Crippen molar-refractivity contribution in [1.82, 2.24) is 20.3 Å². The number of nitrogens with one attached hydrogen (secondary N) is 1. The maximum atomic E-state index is 12.4. The Labute approximate surface area is 202 Å². The average Bonchev–Trinajstić information content (AvgIpc) is 3.48. The Kier molecular flexibility index (Phi) is 6.26. The molecule has 1 amide bonds. The molecular formula is C27H24N4O4. The molecule has 0 saturated carbocycles. The first-order chi connectivity index (χ1) is 17.1. The van der Waals surface area contributed by atoms with Crippen LogP contribution >= 0.6 is 0 Å². The highest BCUT2D eigenvalue weighted by atomic mass is 16.5. The minimum absolute atomic E-state index is 0.0247. The van der Waals surface area contributed by atoms with E-state index in [2.05, 4.69) is 39.9 Å². The van der Waals surface area contributed by atoms with Gasteiger partial charge in [-0.05, 0) is 27.8 Å². The van der Waals surface area contributed by atoms with Crippen molar-refractivity contribution in [2.24, 2.45) is 0 Å². The molecule has 0 radical (unpaired) electrons. The first-order valence-electron chi connectivity index (χ1n) is 11.4. The monoisotopic (exact) mass is 468 g/mol. The van der Waals surface area contributed by atoms with Crippen LogP contribution in [-0.2, 0) is 22.5 Å². The average molecular weight is 469 g/mol. The Balaban J connectivity index is 1.18. The van der Waals surface area contributed by atoms with Crippen molar-refractivity contribution in [3.8, 4) is 11.1 Å². The third kappa shape index (κ3) is 4.77. The molecule has 176 valence electrons. The molecule has 1 atom stereocenters. The molecule has 1 aliphatic carbocycles. The number of carbonyl (C=O) groups excluding carboxylic acids is 1. The van der Waals surface area contributed by atoms with Crippen molar-refractivity contribution in [2.75, 3.05) is 6.61 Å². The zero-order valence-corrected chi connectivity index (χ0v) is 18.9. The lowest BCUT2D eigenvalue weighted by atomic mass is 9.98. The van der Waals surface area contributed by atoms with E-state index in [1.807, 2.05) is 54.6 Å². The van der Waals surface area contributed by atoms with Crippen molar-refractivity contribution in [3.05, 3.63) is 107 Å². The minimum atomic E-state index is -1.00. The fourth-order valence-corrected chi connectivity index (χ4v) is 4.49. The normalized spacial score (nSPS) is 13.0. The molecule has 0 unspecified atom stereocenters. The summed E-state index contributed by atoms with van der Waals surface area (Å²) >= 11 is 0. The molecule has 8 nitrogen and oxygen atoms in total. The lowest BCUT2D eigenvalue weighted by Crippen LogP contribution is -2.26. The number of carboxylic acid groups (broad SMARTS) is 1. The fourth-order valence-electron chi connectivity index (χ4n) is 4.49. The highest BCUT2D eigenvalue weighted by Gasteiger charge is 2.29. The van der Waals surface area contributed by atoms with Crippen molar-refractivity contribution < 1.29 is 19.4 Å². The van der Waals surface area contributed by atoms with Gasteiger partial charge in [-0.15, -0.1) is 5.10 Å². The van der Waals surface area contributed by atoms with E-state index in [1.54, 1.807) is 0 Å². The number of hydrogen-bond acceptors (Lipinski definition) is 5. The van der Waals surface area contributed by atoms with E-state index in [-0.39, 0.29) is 25.5 Å². The quantitative estimate of drug-likeness (QED) is 0.402. The first kappa shape index (κ1) is 22.3. The summed E-state index contributed by atoms with van der Waals surface area (Å²) in [5.41, 5.74) is 5.94. The summed E-state index contributed by atoms with van der Waals surface area (Å²) in [5, 5.41) is 20.3. The number of ether oxygens (including phenoxy) is 1. The lowest BCUT2D eigenvalue weighted by molar-refractivity contribution is -0.141. The van der Waals surface area contributed by atoms with E-state index in [4.69, 9.17) is 4.74 Å². The molecular weight excluding hydrogens is 444 g/mol. The minimum Gasteiger partial charge on any atom is -0.480 e. The van der Waals surface area contributed by atoms with E-state index in [9.17, 15) is 14.7 Å². The second-order valence-corrected chi connectivity index (χ2v) is 8.41. The number of carboxylic acids is 1. The standard InChI is InChI=1S/C27H24N4O4/c32-26(33)25(14-18-8-2-1-3-9-18)31-16-19(29-30-31)15-28-27(34)35-17-24-22-12-6-4-10-20(22)21-11-5-7-13-23(21)24/h1-13,16,24-25H,14-15,17H2,(H,28,34)(H,32,33)/t25-/m0/s1. The van der Waals surface area contributed by atoms with E-state index in [0.717, 1.165) is 27.8 Å². The fraction of sp³-hybridized carbons (Fsp3) is 0.185. The lowest BCUT2D eigenvalue weighted by Gasteiger charge is -2.14. The van der Waals surface area contributed by atoms with Crippen molar-refractivity contribution in [3.63, 3.8) is 0 Å². The number of fused-ring (bicyclic) bond motifs is 3. The molecule has 5 rings (SSSR count). The summed E-state index contributed by atoms with van der Waals surface area (Å²) in [6, 6.07) is 24.7. The van der Waals surface area contributed by atoms with Gasteiger partial charge in [-0.3, -0.25) is 0 Å². The number of carbonyl (C=O) groups is 2. The Hall–Kier alpha value is -4.46. The van der Waals surface area contributed by atoms with Crippen LogP contribution < -0.4 is 5.32 Å². The summed E-state index contributed by atoms with van der Waals surface area (Å²) in [6.45, 7) is 0.291. The third-order valence-electron chi connectivity index (χ3n) is 6.19. The molecule has 1 aromatic heterocycles. The molecule has 1 heterocycles. The van der Waals surface area contributed by atoms with Gasteiger partial charge in [-0.25, -0.2) is 14.3 Å². The highest BCUT2D eigenvalue weighted by Crippen LogP contribution is 2.44. The van der Waals surface area contributed by atoms with Crippen LogP contribution in [0.4, 0.5) is 4.79 Å². The number of alkyl carbamates (subject to hydrolysis) is 1. The van der Waals surface area contributed by atoms with Crippen molar-refractivity contribution >= 4 is 12.1 Å². The molecule has 2 N–H and O–H groups in total. The van der Waals surface area contributed by atoms with Crippen molar-refractivity contribution in [1.29, 1.82) is 0 Å². The number of hydrogen-bond donors (Lipinski definition) is 2. The Morgan fingerprint density at radius 2 is 1.57 bits per heavy atom. The SMILES string of the molecule is O=C(NCc1cn([C@@H](Cc2ccccc2)C(=O)O)nn1)OCC1c2ccccc2-c2ccccc21. The topological polar surface area (TPSA) is 106 Å². The van der Waals surface area contributed by atoms with Crippen LogP contribution in [0.3, 0.4) is 0 Å². The Bertz CT molecular complexity index is 1310. The molecule has 35 heavy (non-hydrogen) atoms. The predicted octanol–water partition coefficient (Wildman–Crippen LogP) is 4.19. The maximum Gasteiger partial charge on any atom is 0.407 e. The van der Waals surface area contributed by atoms with Gasteiger partial charge >= 0.3 is 12.1 Å². The zero-order chi connectivity index (χ0) is 24.2. The number of benzene rings is 3. The number of nitrogens with zero attached hydrogens (tertiary/aromatic N) is 3. The van der Waals surface area contributed by atoms with Crippen LogP contribution in [-0.4, -0.2) is 38.8 Å². The molecule has 0 bridgehead atoms. The Morgan fingerprint density at radius 1 is 0.943 bits per heavy atom. The van der Waals surface area contributed by atoms with Gasteiger partial charge in [0.1, 0.15) is 12.3 Å². The number of aliphatic carboxylic acids is 1. The van der Waals surface area contributed by atoms with Gasteiger partial charge in [0.15, 0.2) is 6.04 Å². The number of rotatable bonds is 8. The second kappa shape index (κ2) is 9.80. The summed E-state index contributed by atoms with van der Waals surface area (Å²) in [7, 11) is 0. The first-order valence-corrected chi connectivity index (χ1v) is 11.4. The summed E-state index contributed by atoms with van der Waals surface area (Å²) in [6.07, 6.45) is 1.24. The smallest absolute Gasteiger partial charge is 0.407 e. The number of amides is 1. The summed E-state index contributed by atoms with van der Waals surface area (Å²) in [4.78, 5) is 24.2.